The molecule has 0 radical (unpaired) electrons. The number of H-pyrrole nitrogens is 1. The van der Waals surface area contributed by atoms with E-state index in [-0.39, 0.29) is 11.9 Å². The summed E-state index contributed by atoms with van der Waals surface area (Å²) in [4.78, 5) is 20.8. The molecule has 1 aliphatic rings. The first-order chi connectivity index (χ1) is 14.6. The van der Waals surface area contributed by atoms with Crippen LogP contribution in [-0.4, -0.2) is 36.7 Å². The molecule has 2 N–H and O–H groups in total. The van der Waals surface area contributed by atoms with Crippen LogP contribution >= 0.6 is 11.3 Å². The van der Waals surface area contributed by atoms with E-state index in [4.69, 9.17) is 0 Å². The number of aryl methyl sites for hydroxylation is 3. The van der Waals surface area contributed by atoms with Gasteiger partial charge >= 0.3 is 0 Å². The second-order valence-corrected chi connectivity index (χ2v) is 8.95. The first kappa shape index (κ1) is 19.0. The first-order valence-corrected chi connectivity index (χ1v) is 11.2. The minimum absolute atomic E-state index is 0.0702. The van der Waals surface area contributed by atoms with Crippen molar-refractivity contribution in [3.63, 3.8) is 0 Å². The lowest BCUT2D eigenvalue weighted by molar-refractivity contribution is -0.121. The summed E-state index contributed by atoms with van der Waals surface area (Å²) in [5, 5.41) is 16.2. The first-order valence-electron chi connectivity index (χ1n) is 10.3. The number of amides is 1. The molecule has 1 aliphatic heterocycles. The van der Waals surface area contributed by atoms with Crippen LogP contribution in [0.25, 0.3) is 22.4 Å². The number of benzene rings is 1. The van der Waals surface area contributed by atoms with Gasteiger partial charge in [-0.15, -0.1) is 21.5 Å². The number of carbonyl (C=O) groups is 1. The molecule has 0 saturated heterocycles. The van der Waals surface area contributed by atoms with Crippen molar-refractivity contribution in [2.24, 2.45) is 0 Å². The van der Waals surface area contributed by atoms with E-state index in [0.29, 0.717) is 6.42 Å². The van der Waals surface area contributed by atoms with Crippen LogP contribution in [0.4, 0.5) is 0 Å². The Labute approximate surface area is 178 Å². The molecule has 1 aromatic carbocycles. The predicted molar refractivity (Wildman–Crippen MR) is 117 cm³/mol. The van der Waals surface area contributed by atoms with Crippen molar-refractivity contribution < 1.29 is 4.79 Å². The van der Waals surface area contributed by atoms with E-state index in [1.807, 2.05) is 37.4 Å². The summed E-state index contributed by atoms with van der Waals surface area (Å²) in [6.45, 7) is 4.81. The van der Waals surface area contributed by atoms with Crippen molar-refractivity contribution in [1.82, 2.24) is 30.0 Å². The fourth-order valence-corrected chi connectivity index (χ4v) is 4.88. The molecule has 8 heteroatoms. The summed E-state index contributed by atoms with van der Waals surface area (Å²) in [5.41, 5.74) is 4.10. The number of rotatable bonds is 4. The van der Waals surface area contributed by atoms with Crippen molar-refractivity contribution in [3.05, 3.63) is 51.7 Å². The Bertz CT molecular complexity index is 1220. The fraction of sp³-hybridized carbons (Fsp3) is 0.364. The van der Waals surface area contributed by atoms with Crippen LogP contribution in [0.15, 0.2) is 29.6 Å². The Balaban J connectivity index is 1.27. The summed E-state index contributed by atoms with van der Waals surface area (Å²) < 4.78 is 2.16. The highest BCUT2D eigenvalue weighted by Crippen LogP contribution is 2.25. The highest BCUT2D eigenvalue weighted by Gasteiger charge is 2.23. The van der Waals surface area contributed by atoms with Gasteiger partial charge in [-0.25, -0.2) is 4.98 Å². The highest BCUT2D eigenvalue weighted by molar-refractivity contribution is 7.09. The van der Waals surface area contributed by atoms with E-state index < -0.39 is 0 Å². The van der Waals surface area contributed by atoms with E-state index in [2.05, 4.69) is 36.1 Å². The molecule has 5 rings (SSSR count). The molecular formula is C22H24N6OS. The van der Waals surface area contributed by atoms with Crippen LogP contribution < -0.4 is 5.32 Å². The van der Waals surface area contributed by atoms with Crippen LogP contribution in [0.3, 0.4) is 0 Å². The number of hydrogen-bond acceptors (Lipinski definition) is 5. The molecule has 0 saturated carbocycles. The summed E-state index contributed by atoms with van der Waals surface area (Å²) in [6, 6.07) is 8.27. The quantitative estimate of drug-likeness (QED) is 0.528. The molecule has 30 heavy (non-hydrogen) atoms. The third-order valence-electron chi connectivity index (χ3n) is 5.82. The zero-order valence-corrected chi connectivity index (χ0v) is 17.9. The zero-order valence-electron chi connectivity index (χ0n) is 17.1. The van der Waals surface area contributed by atoms with E-state index in [1.165, 1.54) is 0 Å². The third kappa shape index (κ3) is 3.52. The van der Waals surface area contributed by atoms with Crippen molar-refractivity contribution in [2.75, 3.05) is 0 Å². The van der Waals surface area contributed by atoms with E-state index in [1.54, 1.807) is 11.3 Å². The topological polar surface area (TPSA) is 88.5 Å². The lowest BCUT2D eigenvalue weighted by atomic mass is 10.1. The highest BCUT2D eigenvalue weighted by atomic mass is 32.1. The van der Waals surface area contributed by atoms with Gasteiger partial charge in [0, 0.05) is 41.0 Å². The molecule has 1 amide bonds. The van der Waals surface area contributed by atoms with Gasteiger partial charge in [-0.05, 0) is 38.3 Å². The summed E-state index contributed by atoms with van der Waals surface area (Å²) in [6.07, 6.45) is 2.92. The number of thiazole rings is 1. The van der Waals surface area contributed by atoms with Crippen molar-refractivity contribution >= 4 is 28.1 Å². The van der Waals surface area contributed by atoms with Gasteiger partial charge in [0.2, 0.25) is 5.91 Å². The average molecular weight is 421 g/mol. The maximum Gasteiger partial charge on any atom is 0.224 e. The molecule has 0 spiro atoms. The molecule has 4 heterocycles. The summed E-state index contributed by atoms with van der Waals surface area (Å²) >= 11 is 1.62. The standard InChI is InChI=1S/C22H24N6OS/c1-13-17(16-5-3-4-6-18(16)23-13)11-21(29)25-15-7-8-20-26-27-22(28(20)10-9-15)19-12-30-14(2)24-19/h3-6,12,15,23H,7-11H2,1-2H3,(H,25,29). The number of aromatic amines is 1. The van der Waals surface area contributed by atoms with Crippen LogP contribution in [0, 0.1) is 13.8 Å². The maximum absolute atomic E-state index is 12.8. The minimum Gasteiger partial charge on any atom is -0.358 e. The Morgan fingerprint density at radius 3 is 2.97 bits per heavy atom. The normalized spacial score (nSPS) is 16.4. The monoisotopic (exact) mass is 420 g/mol. The van der Waals surface area contributed by atoms with Gasteiger partial charge in [-0.2, -0.15) is 0 Å². The molecule has 0 bridgehead atoms. The second kappa shape index (κ2) is 7.68. The van der Waals surface area contributed by atoms with Gasteiger partial charge in [0.05, 0.1) is 11.4 Å². The van der Waals surface area contributed by atoms with Gasteiger partial charge in [-0.3, -0.25) is 4.79 Å². The van der Waals surface area contributed by atoms with E-state index in [9.17, 15) is 4.79 Å². The SMILES string of the molecule is Cc1nc(-c2nnc3n2CCC(NC(=O)Cc2c(C)[nH]c4ccccc24)CC3)cs1. The van der Waals surface area contributed by atoms with Gasteiger partial charge in [0.25, 0.3) is 0 Å². The number of aromatic nitrogens is 5. The van der Waals surface area contributed by atoms with Crippen molar-refractivity contribution in [1.29, 1.82) is 0 Å². The summed E-state index contributed by atoms with van der Waals surface area (Å²) in [7, 11) is 0. The van der Waals surface area contributed by atoms with E-state index >= 15 is 0 Å². The molecule has 4 aromatic rings. The number of fused-ring (bicyclic) bond motifs is 2. The molecule has 154 valence electrons. The van der Waals surface area contributed by atoms with Crippen LogP contribution in [0.1, 0.15) is 34.9 Å². The van der Waals surface area contributed by atoms with Crippen molar-refractivity contribution in [3.8, 4) is 11.5 Å². The number of nitrogens with zero attached hydrogens (tertiary/aromatic N) is 4. The molecule has 0 fully saturated rings. The second-order valence-electron chi connectivity index (χ2n) is 7.89. The average Bonchev–Trinajstić information content (AvgIpc) is 3.38. The minimum atomic E-state index is 0.0702. The predicted octanol–water partition coefficient (Wildman–Crippen LogP) is 3.56. The van der Waals surface area contributed by atoms with Crippen LogP contribution in [0.5, 0.6) is 0 Å². The van der Waals surface area contributed by atoms with Gasteiger partial charge in [0.1, 0.15) is 11.5 Å². The smallest absolute Gasteiger partial charge is 0.224 e. The van der Waals surface area contributed by atoms with Crippen molar-refractivity contribution in [2.45, 2.75) is 52.1 Å². The Kier molecular flexibility index (Phi) is 4.86. The lowest BCUT2D eigenvalue weighted by Gasteiger charge is -2.16. The van der Waals surface area contributed by atoms with Gasteiger partial charge in [-0.1, -0.05) is 18.2 Å². The number of carbonyl (C=O) groups excluding carboxylic acids is 1. The van der Waals surface area contributed by atoms with Crippen LogP contribution in [-0.2, 0) is 24.2 Å². The fourth-order valence-electron chi connectivity index (χ4n) is 4.29. The zero-order chi connectivity index (χ0) is 20.7. The van der Waals surface area contributed by atoms with E-state index in [0.717, 1.165) is 70.3 Å². The van der Waals surface area contributed by atoms with Crippen LogP contribution in [0.2, 0.25) is 0 Å². The number of para-hydroxylation sites is 1. The number of nitrogens with one attached hydrogen (secondary N) is 2. The Hall–Kier alpha value is -3.00. The largest absolute Gasteiger partial charge is 0.358 e. The molecule has 1 atom stereocenters. The lowest BCUT2D eigenvalue weighted by Crippen LogP contribution is -2.36. The molecule has 0 aliphatic carbocycles. The number of hydrogen-bond donors (Lipinski definition) is 2. The Morgan fingerprint density at radius 2 is 2.13 bits per heavy atom. The Morgan fingerprint density at radius 1 is 1.27 bits per heavy atom. The van der Waals surface area contributed by atoms with Gasteiger partial charge < -0.3 is 14.9 Å². The molecule has 7 nitrogen and oxygen atoms in total. The molecule has 1 unspecified atom stereocenters. The summed E-state index contributed by atoms with van der Waals surface area (Å²) in [5.74, 6) is 1.87. The molecule has 3 aromatic heterocycles. The molecular weight excluding hydrogens is 396 g/mol. The maximum atomic E-state index is 12.8. The third-order valence-corrected chi connectivity index (χ3v) is 6.60. The van der Waals surface area contributed by atoms with Gasteiger partial charge in [0.15, 0.2) is 5.82 Å².